The Morgan fingerprint density at radius 1 is 1.36 bits per heavy atom. The average Bonchev–Trinajstić information content (AvgIpc) is 2.89. The van der Waals surface area contributed by atoms with Crippen LogP contribution in [0.5, 0.6) is 0 Å². The summed E-state index contributed by atoms with van der Waals surface area (Å²) in [5.74, 6) is 0.122. The lowest BCUT2D eigenvalue weighted by molar-refractivity contribution is -0.122. The second kappa shape index (κ2) is 8.98. The Kier molecular flexibility index (Phi) is 7.65. The zero-order valence-electron chi connectivity index (χ0n) is 12.3. The van der Waals surface area contributed by atoms with Crippen LogP contribution in [0, 0.1) is 0 Å². The van der Waals surface area contributed by atoms with Crippen LogP contribution in [-0.2, 0) is 11.3 Å². The number of carbonyl (C=O) groups is 1. The minimum Gasteiger partial charge on any atom is -0.352 e. The maximum atomic E-state index is 12.0. The van der Waals surface area contributed by atoms with E-state index in [0.29, 0.717) is 13.0 Å². The van der Waals surface area contributed by atoms with E-state index in [-0.39, 0.29) is 36.8 Å². The highest BCUT2D eigenvalue weighted by Crippen LogP contribution is 2.12. The van der Waals surface area contributed by atoms with E-state index in [4.69, 9.17) is 0 Å². The van der Waals surface area contributed by atoms with Crippen molar-refractivity contribution in [3.05, 3.63) is 30.6 Å². The van der Waals surface area contributed by atoms with Gasteiger partial charge in [-0.1, -0.05) is 12.1 Å². The molecule has 1 aliphatic rings. The summed E-state index contributed by atoms with van der Waals surface area (Å²) in [6.07, 6.45) is 4.51. The number of nitrogens with zero attached hydrogens (tertiary/aromatic N) is 2. The van der Waals surface area contributed by atoms with Gasteiger partial charge in [0.05, 0.1) is 17.4 Å². The number of hydrogen-bond donors (Lipinski definition) is 2. The number of nitrogens with one attached hydrogen (secondary N) is 2. The highest BCUT2D eigenvalue weighted by molar-refractivity contribution is 5.85. The molecule has 1 unspecified atom stereocenters. The summed E-state index contributed by atoms with van der Waals surface area (Å²) < 4.78 is 2.04. The van der Waals surface area contributed by atoms with Gasteiger partial charge in [0.2, 0.25) is 5.91 Å². The molecule has 1 aromatic carbocycles. The SMILES string of the molecule is Cl.Cl.O=C(CCn1cnc2ccccc21)NC1CCCNC1. The standard InChI is InChI=1S/C15H20N4O.2ClH/c20-15(18-12-4-3-8-16-10-12)7-9-19-11-17-13-5-1-2-6-14(13)19;;/h1-2,5-6,11-12,16H,3-4,7-10H2,(H,18,20);2*1H. The number of aromatic nitrogens is 2. The van der Waals surface area contributed by atoms with Crippen LogP contribution < -0.4 is 10.6 Å². The molecule has 0 bridgehead atoms. The van der Waals surface area contributed by atoms with E-state index < -0.39 is 0 Å². The topological polar surface area (TPSA) is 59.0 Å². The molecule has 122 valence electrons. The summed E-state index contributed by atoms with van der Waals surface area (Å²) in [6, 6.07) is 8.28. The minimum absolute atomic E-state index is 0. The van der Waals surface area contributed by atoms with Crippen LogP contribution in [0.15, 0.2) is 30.6 Å². The summed E-state index contributed by atoms with van der Waals surface area (Å²) >= 11 is 0. The number of fused-ring (bicyclic) bond motifs is 1. The van der Waals surface area contributed by atoms with Crippen LogP contribution in [0.3, 0.4) is 0 Å². The largest absolute Gasteiger partial charge is 0.352 e. The quantitative estimate of drug-likeness (QED) is 0.893. The highest BCUT2D eigenvalue weighted by atomic mass is 35.5. The van der Waals surface area contributed by atoms with E-state index in [0.717, 1.165) is 37.0 Å². The van der Waals surface area contributed by atoms with E-state index in [9.17, 15) is 4.79 Å². The van der Waals surface area contributed by atoms with Gasteiger partial charge in [-0.05, 0) is 31.5 Å². The van der Waals surface area contributed by atoms with Gasteiger partial charge in [-0.25, -0.2) is 4.98 Å². The smallest absolute Gasteiger partial charge is 0.222 e. The lowest BCUT2D eigenvalue weighted by Gasteiger charge is -2.23. The number of benzene rings is 1. The fraction of sp³-hybridized carbons (Fsp3) is 0.467. The first-order valence-corrected chi connectivity index (χ1v) is 7.23. The average molecular weight is 345 g/mol. The molecule has 7 heteroatoms. The number of aryl methyl sites for hydroxylation is 1. The van der Waals surface area contributed by atoms with Crippen LogP contribution in [0.1, 0.15) is 19.3 Å². The normalized spacial score (nSPS) is 17.4. The van der Waals surface area contributed by atoms with Gasteiger partial charge in [-0.3, -0.25) is 4.79 Å². The van der Waals surface area contributed by atoms with Gasteiger partial charge in [-0.2, -0.15) is 0 Å². The summed E-state index contributed by atoms with van der Waals surface area (Å²) in [7, 11) is 0. The Labute approximate surface area is 142 Å². The van der Waals surface area contributed by atoms with Gasteiger partial charge in [0.25, 0.3) is 0 Å². The fourth-order valence-electron chi connectivity index (χ4n) is 2.69. The minimum atomic E-state index is 0. The molecule has 1 amide bonds. The third-order valence-electron chi connectivity index (χ3n) is 3.77. The van der Waals surface area contributed by atoms with Crippen molar-refractivity contribution in [1.82, 2.24) is 20.2 Å². The Bertz CT molecular complexity index is 596. The van der Waals surface area contributed by atoms with Crippen LogP contribution in [0.4, 0.5) is 0 Å². The fourth-order valence-corrected chi connectivity index (χ4v) is 2.69. The van der Waals surface area contributed by atoms with Crippen LogP contribution in [0.2, 0.25) is 0 Å². The Morgan fingerprint density at radius 2 is 2.18 bits per heavy atom. The molecule has 1 aromatic heterocycles. The number of piperidine rings is 1. The molecule has 3 rings (SSSR count). The molecule has 0 saturated carbocycles. The summed E-state index contributed by atoms with van der Waals surface area (Å²) in [6.45, 7) is 2.62. The number of amides is 1. The second-order valence-corrected chi connectivity index (χ2v) is 5.29. The first kappa shape index (κ1) is 18.7. The Morgan fingerprint density at radius 3 is 2.95 bits per heavy atom. The zero-order valence-corrected chi connectivity index (χ0v) is 14.0. The molecule has 1 atom stereocenters. The number of carbonyl (C=O) groups excluding carboxylic acids is 1. The van der Waals surface area contributed by atoms with Gasteiger partial charge in [0.15, 0.2) is 0 Å². The summed E-state index contributed by atoms with van der Waals surface area (Å²) in [5.41, 5.74) is 2.06. The molecule has 2 aromatic rings. The highest BCUT2D eigenvalue weighted by Gasteiger charge is 2.15. The van der Waals surface area contributed by atoms with Crippen molar-refractivity contribution in [2.24, 2.45) is 0 Å². The van der Waals surface area contributed by atoms with Crippen molar-refractivity contribution >= 4 is 41.8 Å². The molecule has 1 aliphatic heterocycles. The predicted molar refractivity (Wildman–Crippen MR) is 92.9 cm³/mol. The van der Waals surface area contributed by atoms with E-state index in [1.165, 1.54) is 0 Å². The predicted octanol–water partition coefficient (Wildman–Crippen LogP) is 2.14. The van der Waals surface area contributed by atoms with Gasteiger partial charge in [0, 0.05) is 25.6 Å². The van der Waals surface area contributed by atoms with E-state index in [1.807, 2.05) is 28.8 Å². The van der Waals surface area contributed by atoms with E-state index in [2.05, 4.69) is 15.6 Å². The van der Waals surface area contributed by atoms with Crippen molar-refractivity contribution < 1.29 is 4.79 Å². The number of halogens is 2. The molecule has 5 nitrogen and oxygen atoms in total. The van der Waals surface area contributed by atoms with E-state index >= 15 is 0 Å². The first-order valence-electron chi connectivity index (χ1n) is 7.23. The van der Waals surface area contributed by atoms with E-state index in [1.54, 1.807) is 6.33 Å². The third-order valence-corrected chi connectivity index (χ3v) is 3.77. The molecule has 0 aliphatic carbocycles. The van der Waals surface area contributed by atoms with Gasteiger partial charge < -0.3 is 15.2 Å². The Balaban J connectivity index is 0.00000121. The third kappa shape index (κ3) is 4.60. The van der Waals surface area contributed by atoms with Crippen molar-refractivity contribution in [2.75, 3.05) is 13.1 Å². The van der Waals surface area contributed by atoms with Crippen LogP contribution in [-0.4, -0.2) is 34.6 Å². The summed E-state index contributed by atoms with van der Waals surface area (Å²) in [5, 5.41) is 6.40. The maximum Gasteiger partial charge on any atom is 0.222 e. The maximum absolute atomic E-state index is 12.0. The zero-order chi connectivity index (χ0) is 13.8. The Hall–Kier alpha value is -1.30. The second-order valence-electron chi connectivity index (χ2n) is 5.29. The van der Waals surface area contributed by atoms with Crippen LogP contribution >= 0.6 is 24.8 Å². The van der Waals surface area contributed by atoms with Crippen molar-refractivity contribution in [3.63, 3.8) is 0 Å². The molecule has 2 N–H and O–H groups in total. The molecule has 2 heterocycles. The number of imidazole rings is 1. The molecule has 22 heavy (non-hydrogen) atoms. The van der Waals surface area contributed by atoms with Gasteiger partial charge in [0.1, 0.15) is 0 Å². The molecule has 0 spiro atoms. The molecule has 0 radical (unpaired) electrons. The number of rotatable bonds is 4. The number of hydrogen-bond acceptors (Lipinski definition) is 3. The van der Waals surface area contributed by atoms with Crippen molar-refractivity contribution in [3.8, 4) is 0 Å². The molecule has 1 saturated heterocycles. The lowest BCUT2D eigenvalue weighted by atomic mass is 10.1. The van der Waals surface area contributed by atoms with Crippen molar-refractivity contribution in [2.45, 2.75) is 31.8 Å². The molecular formula is C15H22Cl2N4O. The van der Waals surface area contributed by atoms with Gasteiger partial charge in [-0.15, -0.1) is 24.8 Å². The lowest BCUT2D eigenvalue weighted by Crippen LogP contribution is -2.45. The number of para-hydroxylation sites is 2. The summed E-state index contributed by atoms with van der Waals surface area (Å²) in [4.78, 5) is 16.3. The van der Waals surface area contributed by atoms with Crippen molar-refractivity contribution in [1.29, 1.82) is 0 Å². The molecular weight excluding hydrogens is 323 g/mol. The van der Waals surface area contributed by atoms with Crippen LogP contribution in [0.25, 0.3) is 11.0 Å². The van der Waals surface area contributed by atoms with Gasteiger partial charge >= 0.3 is 0 Å². The molecule has 1 fully saturated rings. The first-order chi connectivity index (χ1) is 9.83. The monoisotopic (exact) mass is 344 g/mol.